The van der Waals surface area contributed by atoms with Crippen molar-refractivity contribution in [2.75, 3.05) is 13.7 Å². The SMILES string of the molecule is CO/C(N)=N\[C@H]1CC(O)[C@@H](CO)O1. The van der Waals surface area contributed by atoms with Crippen molar-refractivity contribution in [3.63, 3.8) is 0 Å². The molecule has 1 aliphatic heterocycles. The van der Waals surface area contributed by atoms with Gasteiger partial charge in [-0.1, -0.05) is 0 Å². The third kappa shape index (κ3) is 2.55. The lowest BCUT2D eigenvalue weighted by Gasteiger charge is -2.09. The Kier molecular flexibility index (Phi) is 3.47. The third-order valence-electron chi connectivity index (χ3n) is 1.86. The predicted molar refractivity (Wildman–Crippen MR) is 45.0 cm³/mol. The molecular weight excluding hydrogens is 176 g/mol. The van der Waals surface area contributed by atoms with Crippen molar-refractivity contribution in [1.29, 1.82) is 0 Å². The van der Waals surface area contributed by atoms with Crippen molar-refractivity contribution in [2.45, 2.75) is 24.9 Å². The van der Waals surface area contributed by atoms with Crippen molar-refractivity contribution in [3.8, 4) is 0 Å². The van der Waals surface area contributed by atoms with Gasteiger partial charge in [0.2, 0.25) is 0 Å². The molecule has 0 aromatic rings. The van der Waals surface area contributed by atoms with E-state index in [2.05, 4.69) is 9.73 Å². The van der Waals surface area contributed by atoms with E-state index in [-0.39, 0.29) is 12.6 Å². The van der Waals surface area contributed by atoms with E-state index >= 15 is 0 Å². The molecule has 0 aromatic heterocycles. The van der Waals surface area contributed by atoms with Gasteiger partial charge in [0.05, 0.1) is 19.8 Å². The maximum Gasteiger partial charge on any atom is 0.284 e. The standard InChI is InChI=1S/C7H14N2O4/c1-12-7(8)9-6-2-4(11)5(3-10)13-6/h4-6,10-11H,2-3H2,1H3,(H2,8,9)/t4?,5-,6-/m1/s1. The van der Waals surface area contributed by atoms with Gasteiger partial charge in [0.1, 0.15) is 6.10 Å². The zero-order chi connectivity index (χ0) is 9.84. The van der Waals surface area contributed by atoms with E-state index in [0.29, 0.717) is 6.42 Å². The van der Waals surface area contributed by atoms with E-state index in [1.807, 2.05) is 0 Å². The lowest BCUT2D eigenvalue weighted by Crippen LogP contribution is -2.24. The minimum absolute atomic E-state index is 0.00999. The second kappa shape index (κ2) is 4.40. The topological polar surface area (TPSA) is 97.3 Å². The maximum atomic E-state index is 9.31. The quantitative estimate of drug-likeness (QED) is 0.360. The van der Waals surface area contributed by atoms with Crippen LogP contribution in [0.3, 0.4) is 0 Å². The second-order valence-electron chi connectivity index (χ2n) is 2.79. The molecule has 0 aliphatic carbocycles. The highest BCUT2D eigenvalue weighted by atomic mass is 16.5. The summed E-state index contributed by atoms with van der Waals surface area (Å²) in [4.78, 5) is 3.82. The van der Waals surface area contributed by atoms with Gasteiger partial charge >= 0.3 is 0 Å². The zero-order valence-corrected chi connectivity index (χ0v) is 7.38. The first-order chi connectivity index (χ1) is 6.17. The van der Waals surface area contributed by atoms with Crippen LogP contribution in [0.5, 0.6) is 0 Å². The molecular formula is C7H14N2O4. The molecule has 76 valence electrons. The summed E-state index contributed by atoms with van der Waals surface area (Å²) in [5.41, 5.74) is 5.29. The first-order valence-corrected chi connectivity index (χ1v) is 3.99. The van der Waals surface area contributed by atoms with Gasteiger partial charge in [-0.15, -0.1) is 0 Å². The monoisotopic (exact) mass is 190 g/mol. The highest BCUT2D eigenvalue weighted by Crippen LogP contribution is 2.20. The van der Waals surface area contributed by atoms with Crippen molar-refractivity contribution in [1.82, 2.24) is 0 Å². The van der Waals surface area contributed by atoms with Crippen molar-refractivity contribution >= 4 is 6.02 Å². The van der Waals surface area contributed by atoms with Crippen LogP contribution in [0.2, 0.25) is 0 Å². The molecule has 1 saturated heterocycles. The van der Waals surface area contributed by atoms with Crippen LogP contribution >= 0.6 is 0 Å². The van der Waals surface area contributed by atoms with Crippen LogP contribution in [0, 0.1) is 0 Å². The number of aliphatic hydroxyl groups is 2. The summed E-state index contributed by atoms with van der Waals surface area (Å²) in [6.45, 7) is -0.222. The van der Waals surface area contributed by atoms with E-state index in [4.69, 9.17) is 15.6 Å². The fraction of sp³-hybridized carbons (Fsp3) is 0.857. The Morgan fingerprint density at radius 1 is 1.77 bits per heavy atom. The largest absolute Gasteiger partial charge is 0.469 e. The molecule has 1 fully saturated rings. The minimum Gasteiger partial charge on any atom is -0.469 e. The molecule has 0 radical (unpaired) electrons. The summed E-state index contributed by atoms with van der Waals surface area (Å²) in [7, 11) is 1.40. The first-order valence-electron chi connectivity index (χ1n) is 3.99. The van der Waals surface area contributed by atoms with Gasteiger partial charge in [-0.25, -0.2) is 4.99 Å². The molecule has 1 unspecified atom stereocenters. The van der Waals surface area contributed by atoms with Crippen LogP contribution in [-0.4, -0.2) is 48.4 Å². The van der Waals surface area contributed by atoms with Gasteiger partial charge in [0.25, 0.3) is 6.02 Å². The number of aliphatic imine (C=N–C) groups is 1. The smallest absolute Gasteiger partial charge is 0.284 e. The molecule has 0 saturated carbocycles. The summed E-state index contributed by atoms with van der Waals surface area (Å²) in [6.07, 6.45) is -1.45. The summed E-state index contributed by atoms with van der Waals surface area (Å²) >= 11 is 0. The Morgan fingerprint density at radius 2 is 2.46 bits per heavy atom. The van der Waals surface area contributed by atoms with Crippen LogP contribution in [0.15, 0.2) is 4.99 Å². The maximum absolute atomic E-state index is 9.31. The number of methoxy groups -OCH3 is 1. The van der Waals surface area contributed by atoms with Gasteiger partial charge < -0.3 is 25.4 Å². The minimum atomic E-state index is -0.691. The Hall–Kier alpha value is -0.850. The molecule has 0 aromatic carbocycles. The molecule has 6 heteroatoms. The van der Waals surface area contributed by atoms with Gasteiger partial charge in [-0.2, -0.15) is 0 Å². The lowest BCUT2D eigenvalue weighted by atomic mass is 10.2. The Balaban J connectivity index is 2.48. The summed E-state index contributed by atoms with van der Waals surface area (Å²) in [6, 6.07) is 0.00999. The normalized spacial score (nSPS) is 35.0. The van der Waals surface area contributed by atoms with Crippen LogP contribution in [0.1, 0.15) is 6.42 Å². The summed E-state index contributed by atoms with van der Waals surface area (Å²) in [5, 5.41) is 18.1. The van der Waals surface area contributed by atoms with Gasteiger partial charge in [-0.3, -0.25) is 0 Å². The fourth-order valence-electron chi connectivity index (χ4n) is 1.15. The fourth-order valence-corrected chi connectivity index (χ4v) is 1.15. The van der Waals surface area contributed by atoms with Crippen molar-refractivity contribution < 1.29 is 19.7 Å². The Bertz CT molecular complexity index is 197. The Labute approximate surface area is 76.0 Å². The lowest BCUT2D eigenvalue weighted by molar-refractivity contribution is -0.0198. The molecule has 0 bridgehead atoms. The number of hydrogen-bond acceptors (Lipinski definition) is 5. The number of nitrogens with two attached hydrogens (primary N) is 1. The number of ether oxygens (including phenoxy) is 2. The van der Waals surface area contributed by atoms with Gasteiger partial charge in [0.15, 0.2) is 6.23 Å². The zero-order valence-electron chi connectivity index (χ0n) is 7.38. The van der Waals surface area contributed by atoms with E-state index in [1.165, 1.54) is 7.11 Å². The highest BCUT2D eigenvalue weighted by Gasteiger charge is 2.33. The van der Waals surface area contributed by atoms with E-state index in [1.54, 1.807) is 0 Å². The number of hydrogen-bond donors (Lipinski definition) is 3. The number of amidine groups is 1. The van der Waals surface area contributed by atoms with Gasteiger partial charge in [0, 0.05) is 6.42 Å². The molecule has 0 spiro atoms. The molecule has 4 N–H and O–H groups in total. The number of nitrogens with zero attached hydrogens (tertiary/aromatic N) is 1. The van der Waals surface area contributed by atoms with Crippen LogP contribution in [-0.2, 0) is 9.47 Å². The van der Waals surface area contributed by atoms with Crippen LogP contribution < -0.4 is 5.73 Å². The van der Waals surface area contributed by atoms with Crippen LogP contribution in [0.4, 0.5) is 0 Å². The molecule has 3 atom stereocenters. The predicted octanol–water partition coefficient (Wildman–Crippen LogP) is -1.58. The molecule has 1 rings (SSSR count). The summed E-state index contributed by atoms with van der Waals surface area (Å²) in [5.74, 6) is 0. The molecule has 1 aliphatic rings. The van der Waals surface area contributed by atoms with Crippen molar-refractivity contribution in [3.05, 3.63) is 0 Å². The average Bonchev–Trinajstić information content (AvgIpc) is 2.46. The summed E-state index contributed by atoms with van der Waals surface area (Å²) < 4.78 is 9.77. The molecule has 1 heterocycles. The van der Waals surface area contributed by atoms with E-state index in [0.717, 1.165) is 0 Å². The van der Waals surface area contributed by atoms with E-state index in [9.17, 15) is 5.11 Å². The Morgan fingerprint density at radius 3 is 2.92 bits per heavy atom. The highest BCUT2D eigenvalue weighted by molar-refractivity contribution is 5.71. The second-order valence-corrected chi connectivity index (χ2v) is 2.79. The van der Waals surface area contributed by atoms with Crippen molar-refractivity contribution in [2.24, 2.45) is 10.7 Å². The molecule has 6 nitrogen and oxygen atoms in total. The number of rotatable bonds is 2. The van der Waals surface area contributed by atoms with Gasteiger partial charge in [-0.05, 0) is 0 Å². The first kappa shape index (κ1) is 10.2. The number of aliphatic hydroxyl groups excluding tert-OH is 2. The third-order valence-corrected chi connectivity index (χ3v) is 1.86. The molecule has 13 heavy (non-hydrogen) atoms. The van der Waals surface area contributed by atoms with Crippen LogP contribution in [0.25, 0.3) is 0 Å². The molecule has 0 amide bonds. The van der Waals surface area contributed by atoms with E-state index < -0.39 is 18.4 Å². The average molecular weight is 190 g/mol.